The van der Waals surface area contributed by atoms with Crippen LogP contribution < -0.4 is 4.74 Å². The third-order valence-corrected chi connectivity index (χ3v) is 3.58. The number of carbonyl (C=O) groups is 1. The van der Waals surface area contributed by atoms with Crippen molar-refractivity contribution < 1.29 is 14.5 Å². The number of hydrogen-bond donors (Lipinski definition) is 0. The molecule has 2 aromatic rings. The topological polar surface area (TPSA) is 69.4 Å². The molecule has 0 saturated heterocycles. The fourth-order valence-corrected chi connectivity index (χ4v) is 2.47. The molecule has 0 fully saturated rings. The summed E-state index contributed by atoms with van der Waals surface area (Å²) >= 11 is 0. The smallest absolute Gasteiger partial charge is 0.269 e. The summed E-state index contributed by atoms with van der Waals surface area (Å²) < 4.78 is 5.91. The average Bonchev–Trinajstić information content (AvgIpc) is 2.53. The Kier molecular flexibility index (Phi) is 3.47. The number of ether oxygens (including phenoxy) is 1. The molecule has 1 atom stereocenters. The van der Waals surface area contributed by atoms with Gasteiger partial charge in [-0.15, -0.1) is 0 Å². The quantitative estimate of drug-likeness (QED) is 0.492. The second-order valence-corrected chi connectivity index (χ2v) is 5.15. The Bertz CT molecular complexity index is 778. The van der Waals surface area contributed by atoms with Crippen LogP contribution in [-0.4, -0.2) is 11.2 Å². The lowest BCUT2D eigenvalue weighted by atomic mass is 9.96. The molecule has 0 spiro atoms. The summed E-state index contributed by atoms with van der Waals surface area (Å²) in [6.45, 7) is 1.97. The van der Waals surface area contributed by atoms with E-state index in [-0.39, 0.29) is 5.69 Å². The first-order valence-electron chi connectivity index (χ1n) is 6.77. The first-order chi connectivity index (χ1) is 10.6. The first kappa shape index (κ1) is 14.0. The van der Waals surface area contributed by atoms with Crippen LogP contribution in [0.4, 0.5) is 5.69 Å². The largest absolute Gasteiger partial charge is 0.480 e. The lowest BCUT2D eigenvalue weighted by Crippen LogP contribution is -2.15. The van der Waals surface area contributed by atoms with Crippen molar-refractivity contribution in [2.45, 2.75) is 13.0 Å². The Hall–Kier alpha value is -2.95. The number of benzene rings is 2. The molecule has 1 heterocycles. The Balaban J connectivity index is 2.00. The van der Waals surface area contributed by atoms with Crippen LogP contribution >= 0.6 is 0 Å². The molecule has 22 heavy (non-hydrogen) atoms. The van der Waals surface area contributed by atoms with E-state index < -0.39 is 11.0 Å². The van der Waals surface area contributed by atoms with Gasteiger partial charge < -0.3 is 4.74 Å². The van der Waals surface area contributed by atoms with Crippen molar-refractivity contribution in [2.75, 3.05) is 0 Å². The minimum atomic E-state index is -0.548. The van der Waals surface area contributed by atoms with Crippen LogP contribution in [0.15, 0.2) is 48.0 Å². The van der Waals surface area contributed by atoms with E-state index in [1.807, 2.05) is 25.1 Å². The monoisotopic (exact) mass is 295 g/mol. The molecule has 0 bridgehead atoms. The van der Waals surface area contributed by atoms with Crippen LogP contribution in [0.3, 0.4) is 0 Å². The third-order valence-electron chi connectivity index (χ3n) is 3.58. The lowest BCUT2D eigenvalue weighted by molar-refractivity contribution is -0.384. The van der Waals surface area contributed by atoms with Crippen molar-refractivity contribution in [3.63, 3.8) is 0 Å². The maximum absolute atomic E-state index is 11.4. The van der Waals surface area contributed by atoms with E-state index in [0.717, 1.165) is 17.4 Å². The number of carbonyl (C=O) groups excluding carboxylic acids is 1. The van der Waals surface area contributed by atoms with E-state index in [4.69, 9.17) is 4.74 Å². The molecule has 0 N–H and O–H groups in total. The summed E-state index contributed by atoms with van der Waals surface area (Å²) in [4.78, 5) is 21.6. The number of hydrogen-bond acceptors (Lipinski definition) is 4. The zero-order chi connectivity index (χ0) is 15.7. The fraction of sp³-hybridized carbons (Fsp3) is 0.118. The van der Waals surface area contributed by atoms with Gasteiger partial charge >= 0.3 is 0 Å². The molecule has 1 aliphatic rings. The SMILES string of the molecule is Cc1ccc2c(c1)C=C(C=O)[C@@H](c1ccc([N+](=O)[O-])cc1)O2. The van der Waals surface area contributed by atoms with Crippen LogP contribution in [0, 0.1) is 17.0 Å². The molecule has 110 valence electrons. The van der Waals surface area contributed by atoms with Crippen molar-refractivity contribution in [3.8, 4) is 5.75 Å². The van der Waals surface area contributed by atoms with Crippen LogP contribution in [-0.2, 0) is 4.79 Å². The summed E-state index contributed by atoms with van der Waals surface area (Å²) in [7, 11) is 0. The number of rotatable bonds is 3. The maximum Gasteiger partial charge on any atom is 0.269 e. The summed E-state index contributed by atoms with van der Waals surface area (Å²) in [6, 6.07) is 11.8. The number of nitro groups is 1. The van der Waals surface area contributed by atoms with Gasteiger partial charge in [0.25, 0.3) is 5.69 Å². The van der Waals surface area contributed by atoms with E-state index >= 15 is 0 Å². The Morgan fingerprint density at radius 3 is 2.55 bits per heavy atom. The van der Waals surface area contributed by atoms with Gasteiger partial charge in [0.2, 0.25) is 0 Å². The van der Waals surface area contributed by atoms with Crippen LogP contribution in [0.5, 0.6) is 5.75 Å². The van der Waals surface area contributed by atoms with Crippen LogP contribution in [0.25, 0.3) is 6.08 Å². The number of aryl methyl sites for hydroxylation is 1. The van der Waals surface area contributed by atoms with Crippen LogP contribution in [0.2, 0.25) is 0 Å². The minimum Gasteiger partial charge on any atom is -0.480 e. The molecular formula is C17H13NO4. The molecule has 0 unspecified atom stereocenters. The van der Waals surface area contributed by atoms with Gasteiger partial charge in [-0.25, -0.2) is 0 Å². The van der Waals surface area contributed by atoms with Gasteiger partial charge in [-0.05, 0) is 42.8 Å². The molecule has 0 aliphatic carbocycles. The molecular weight excluding hydrogens is 282 g/mol. The van der Waals surface area contributed by atoms with Gasteiger partial charge in [0.1, 0.15) is 12.0 Å². The van der Waals surface area contributed by atoms with Gasteiger partial charge in [-0.3, -0.25) is 14.9 Å². The standard InChI is InChI=1S/C17H13NO4/c1-11-2-7-16-13(8-11)9-14(10-19)17(22-16)12-3-5-15(6-4-12)18(20)21/h2-10,17H,1H3/t17-/m1/s1. The molecule has 1 aliphatic heterocycles. The van der Waals surface area contributed by atoms with Gasteiger partial charge in [-0.2, -0.15) is 0 Å². The van der Waals surface area contributed by atoms with Crippen molar-refractivity contribution in [1.29, 1.82) is 0 Å². The van der Waals surface area contributed by atoms with E-state index in [1.54, 1.807) is 18.2 Å². The summed E-state index contributed by atoms with van der Waals surface area (Å²) in [5.74, 6) is 0.694. The van der Waals surface area contributed by atoms with E-state index in [2.05, 4.69) is 0 Å². The molecule has 0 amide bonds. The van der Waals surface area contributed by atoms with Gasteiger partial charge in [-0.1, -0.05) is 11.6 Å². The molecule has 0 radical (unpaired) electrons. The van der Waals surface area contributed by atoms with Crippen LogP contribution in [0.1, 0.15) is 22.8 Å². The molecule has 5 nitrogen and oxygen atoms in total. The van der Waals surface area contributed by atoms with Gasteiger partial charge in [0, 0.05) is 23.3 Å². The Labute approximate surface area is 127 Å². The molecule has 3 rings (SSSR count). The zero-order valence-electron chi connectivity index (χ0n) is 11.9. The number of fused-ring (bicyclic) bond motifs is 1. The van der Waals surface area contributed by atoms with Crippen molar-refractivity contribution in [2.24, 2.45) is 0 Å². The second-order valence-electron chi connectivity index (χ2n) is 5.15. The summed E-state index contributed by atoms with van der Waals surface area (Å²) in [5.41, 5.74) is 3.15. The minimum absolute atomic E-state index is 0.00668. The molecule has 2 aromatic carbocycles. The predicted molar refractivity (Wildman–Crippen MR) is 81.7 cm³/mol. The predicted octanol–water partition coefficient (Wildman–Crippen LogP) is 3.62. The highest BCUT2D eigenvalue weighted by Crippen LogP contribution is 2.37. The van der Waals surface area contributed by atoms with E-state index in [1.165, 1.54) is 12.1 Å². The normalized spacial score (nSPS) is 16.2. The maximum atomic E-state index is 11.4. The molecule has 0 saturated carbocycles. The first-order valence-corrected chi connectivity index (χ1v) is 6.77. The second kappa shape index (κ2) is 5.44. The number of nitrogens with zero attached hydrogens (tertiary/aromatic N) is 1. The zero-order valence-corrected chi connectivity index (χ0v) is 11.9. The fourth-order valence-electron chi connectivity index (χ4n) is 2.47. The van der Waals surface area contributed by atoms with Crippen molar-refractivity contribution >= 4 is 18.0 Å². The third kappa shape index (κ3) is 2.48. The average molecular weight is 295 g/mol. The molecule has 0 aromatic heterocycles. The highest BCUT2D eigenvalue weighted by molar-refractivity contribution is 5.86. The lowest BCUT2D eigenvalue weighted by Gasteiger charge is -2.25. The summed E-state index contributed by atoms with van der Waals surface area (Å²) in [5, 5.41) is 10.7. The van der Waals surface area contributed by atoms with Gasteiger partial charge in [0.05, 0.1) is 4.92 Å². The number of aldehydes is 1. The Morgan fingerprint density at radius 2 is 1.91 bits per heavy atom. The summed E-state index contributed by atoms with van der Waals surface area (Å²) in [6.07, 6.45) is 2.01. The highest BCUT2D eigenvalue weighted by atomic mass is 16.6. The van der Waals surface area contributed by atoms with E-state index in [0.29, 0.717) is 16.9 Å². The highest BCUT2D eigenvalue weighted by Gasteiger charge is 2.24. The van der Waals surface area contributed by atoms with Crippen molar-refractivity contribution in [3.05, 3.63) is 74.8 Å². The van der Waals surface area contributed by atoms with Gasteiger partial charge in [0.15, 0.2) is 6.10 Å². The number of nitro benzene ring substituents is 1. The van der Waals surface area contributed by atoms with E-state index in [9.17, 15) is 14.9 Å². The number of non-ortho nitro benzene ring substituents is 1. The van der Waals surface area contributed by atoms with Crippen molar-refractivity contribution in [1.82, 2.24) is 0 Å². The molecule has 5 heteroatoms. The Morgan fingerprint density at radius 1 is 1.18 bits per heavy atom.